The lowest BCUT2D eigenvalue weighted by Gasteiger charge is -2.19. The van der Waals surface area contributed by atoms with E-state index in [2.05, 4.69) is 15.3 Å². The fourth-order valence-electron chi connectivity index (χ4n) is 1.38. The minimum atomic E-state index is -1.11. The van der Waals surface area contributed by atoms with Gasteiger partial charge in [0.05, 0.1) is 18.1 Å². The molecule has 5 N–H and O–H groups in total. The molecule has 2 atom stereocenters. The molecule has 18 heavy (non-hydrogen) atoms. The van der Waals surface area contributed by atoms with Crippen LogP contribution in [0.25, 0.3) is 0 Å². The van der Waals surface area contributed by atoms with E-state index in [-0.39, 0.29) is 12.3 Å². The lowest BCUT2D eigenvalue weighted by Crippen LogP contribution is -2.51. The van der Waals surface area contributed by atoms with Crippen molar-refractivity contribution in [3.63, 3.8) is 0 Å². The number of carboxylic acid groups (broad SMARTS) is 1. The quantitative estimate of drug-likeness (QED) is 0.545. The highest BCUT2D eigenvalue weighted by molar-refractivity contribution is 5.87. The largest absolute Gasteiger partial charge is 0.480 e. The number of nitrogens with zero attached hydrogens (tertiary/aromatic N) is 1. The predicted octanol–water partition coefficient (Wildman–Crippen LogP) is -0.495. The van der Waals surface area contributed by atoms with Crippen molar-refractivity contribution in [1.29, 1.82) is 0 Å². The summed E-state index contributed by atoms with van der Waals surface area (Å²) >= 11 is 0. The van der Waals surface area contributed by atoms with Gasteiger partial charge in [0, 0.05) is 12.6 Å². The molecule has 0 saturated heterocycles. The molecular formula is C11H18N4O3. The zero-order chi connectivity index (χ0) is 13.7. The first kappa shape index (κ1) is 14.2. The number of imidazole rings is 1. The molecule has 0 radical (unpaired) electrons. The fourth-order valence-corrected chi connectivity index (χ4v) is 1.38. The molecule has 1 aromatic rings. The van der Waals surface area contributed by atoms with Crippen LogP contribution in [0, 0.1) is 5.92 Å². The Morgan fingerprint density at radius 1 is 1.56 bits per heavy atom. The van der Waals surface area contributed by atoms with E-state index in [1.54, 1.807) is 20.0 Å². The van der Waals surface area contributed by atoms with Crippen LogP contribution in [0.2, 0.25) is 0 Å². The zero-order valence-corrected chi connectivity index (χ0v) is 10.4. The molecule has 0 bridgehead atoms. The summed E-state index contributed by atoms with van der Waals surface area (Å²) in [7, 11) is 0. The maximum absolute atomic E-state index is 11.7. The summed E-state index contributed by atoms with van der Waals surface area (Å²) in [5.41, 5.74) is 6.23. The second-order valence-electron chi connectivity index (χ2n) is 4.43. The van der Waals surface area contributed by atoms with Gasteiger partial charge < -0.3 is 21.1 Å². The summed E-state index contributed by atoms with van der Waals surface area (Å²) in [5.74, 6) is -1.62. The summed E-state index contributed by atoms with van der Waals surface area (Å²) in [6.07, 6.45) is 3.16. The van der Waals surface area contributed by atoms with Crippen LogP contribution < -0.4 is 11.1 Å². The van der Waals surface area contributed by atoms with Crippen molar-refractivity contribution in [1.82, 2.24) is 15.3 Å². The fraction of sp³-hybridized carbons (Fsp3) is 0.545. The Kier molecular flexibility index (Phi) is 4.85. The lowest BCUT2D eigenvalue weighted by atomic mass is 10.0. The third-order valence-electron chi connectivity index (χ3n) is 2.60. The number of hydrogen-bond donors (Lipinski definition) is 4. The molecule has 1 amide bonds. The smallest absolute Gasteiger partial charge is 0.326 e. The zero-order valence-electron chi connectivity index (χ0n) is 10.4. The number of aromatic amines is 1. The van der Waals surface area contributed by atoms with Gasteiger partial charge in [-0.1, -0.05) is 13.8 Å². The van der Waals surface area contributed by atoms with Crippen LogP contribution in [0.15, 0.2) is 12.5 Å². The first-order valence-electron chi connectivity index (χ1n) is 5.68. The summed E-state index contributed by atoms with van der Waals surface area (Å²) in [4.78, 5) is 29.4. The molecule has 0 aliphatic carbocycles. The van der Waals surface area contributed by atoms with Gasteiger partial charge in [-0.3, -0.25) is 4.79 Å². The van der Waals surface area contributed by atoms with Crippen molar-refractivity contribution in [2.24, 2.45) is 11.7 Å². The molecule has 0 fully saturated rings. The van der Waals surface area contributed by atoms with Crippen LogP contribution >= 0.6 is 0 Å². The number of nitrogens with one attached hydrogen (secondary N) is 2. The van der Waals surface area contributed by atoms with Crippen molar-refractivity contribution in [3.8, 4) is 0 Å². The van der Waals surface area contributed by atoms with Gasteiger partial charge in [-0.25, -0.2) is 9.78 Å². The number of amides is 1. The topological polar surface area (TPSA) is 121 Å². The minimum absolute atomic E-state index is 0.0511. The van der Waals surface area contributed by atoms with E-state index in [1.807, 2.05) is 0 Å². The van der Waals surface area contributed by atoms with E-state index in [1.165, 1.54) is 6.33 Å². The Morgan fingerprint density at radius 2 is 2.22 bits per heavy atom. The summed E-state index contributed by atoms with van der Waals surface area (Å²) in [6.45, 7) is 3.60. The molecule has 100 valence electrons. The molecule has 0 aliphatic heterocycles. The van der Waals surface area contributed by atoms with Crippen LogP contribution in [-0.4, -0.2) is 39.0 Å². The SMILES string of the molecule is CC(C)C(N)C(=O)N[C@@H](Cc1c[nH]cn1)C(=O)O. The maximum Gasteiger partial charge on any atom is 0.326 e. The van der Waals surface area contributed by atoms with Crippen molar-refractivity contribution in [2.75, 3.05) is 0 Å². The van der Waals surface area contributed by atoms with E-state index in [0.29, 0.717) is 5.69 Å². The summed E-state index contributed by atoms with van der Waals surface area (Å²) in [5, 5.41) is 11.5. The van der Waals surface area contributed by atoms with Gasteiger partial charge in [0.25, 0.3) is 0 Å². The Labute approximate surface area is 105 Å². The number of H-pyrrole nitrogens is 1. The summed E-state index contributed by atoms with van der Waals surface area (Å²) in [6, 6.07) is -1.74. The van der Waals surface area contributed by atoms with Crippen LogP contribution in [-0.2, 0) is 16.0 Å². The van der Waals surface area contributed by atoms with Gasteiger partial charge in [-0.15, -0.1) is 0 Å². The average Bonchev–Trinajstić information content (AvgIpc) is 2.79. The van der Waals surface area contributed by atoms with E-state index in [9.17, 15) is 9.59 Å². The molecule has 7 nitrogen and oxygen atoms in total. The standard InChI is InChI=1S/C11H18N4O3/c1-6(2)9(12)10(16)15-8(11(17)18)3-7-4-13-5-14-7/h4-6,8-9H,3,12H2,1-2H3,(H,13,14)(H,15,16)(H,17,18)/t8-,9?/m0/s1. The maximum atomic E-state index is 11.7. The number of carboxylic acids is 1. The Balaban J connectivity index is 2.64. The summed E-state index contributed by atoms with van der Waals surface area (Å²) < 4.78 is 0. The Morgan fingerprint density at radius 3 is 2.67 bits per heavy atom. The van der Waals surface area contributed by atoms with Crippen molar-refractivity contribution in [2.45, 2.75) is 32.4 Å². The number of hydrogen-bond acceptors (Lipinski definition) is 4. The molecule has 1 heterocycles. The van der Waals surface area contributed by atoms with Crippen LogP contribution in [0.4, 0.5) is 0 Å². The number of aromatic nitrogens is 2. The Hall–Kier alpha value is -1.89. The van der Waals surface area contributed by atoms with E-state index in [0.717, 1.165) is 0 Å². The molecular weight excluding hydrogens is 236 g/mol. The van der Waals surface area contributed by atoms with Crippen molar-refractivity contribution >= 4 is 11.9 Å². The number of carbonyl (C=O) groups is 2. The van der Waals surface area contributed by atoms with Gasteiger partial charge in [-0.05, 0) is 5.92 Å². The number of aliphatic carboxylic acids is 1. The normalized spacial score (nSPS) is 14.2. The second-order valence-corrected chi connectivity index (χ2v) is 4.43. The Bertz CT molecular complexity index is 402. The van der Waals surface area contributed by atoms with Gasteiger partial charge in [0.15, 0.2) is 0 Å². The molecule has 0 aromatic carbocycles. The second kappa shape index (κ2) is 6.15. The number of nitrogens with two attached hydrogens (primary N) is 1. The molecule has 1 unspecified atom stereocenters. The van der Waals surface area contributed by atoms with E-state index in [4.69, 9.17) is 10.8 Å². The number of carbonyl (C=O) groups excluding carboxylic acids is 1. The monoisotopic (exact) mass is 254 g/mol. The van der Waals surface area contributed by atoms with Crippen LogP contribution in [0.1, 0.15) is 19.5 Å². The molecule has 7 heteroatoms. The van der Waals surface area contributed by atoms with Gasteiger partial charge in [-0.2, -0.15) is 0 Å². The average molecular weight is 254 g/mol. The molecule has 0 spiro atoms. The van der Waals surface area contributed by atoms with Crippen molar-refractivity contribution < 1.29 is 14.7 Å². The molecule has 0 aliphatic rings. The number of rotatable bonds is 6. The predicted molar refractivity (Wildman–Crippen MR) is 64.7 cm³/mol. The highest BCUT2D eigenvalue weighted by Crippen LogP contribution is 2.02. The first-order valence-corrected chi connectivity index (χ1v) is 5.68. The van der Waals surface area contributed by atoms with Crippen molar-refractivity contribution in [3.05, 3.63) is 18.2 Å². The highest BCUT2D eigenvalue weighted by Gasteiger charge is 2.25. The first-order chi connectivity index (χ1) is 8.41. The third kappa shape index (κ3) is 3.85. The van der Waals surface area contributed by atoms with Gasteiger partial charge >= 0.3 is 5.97 Å². The van der Waals surface area contributed by atoms with E-state index < -0.39 is 24.0 Å². The molecule has 1 rings (SSSR count). The molecule has 0 saturated carbocycles. The minimum Gasteiger partial charge on any atom is -0.480 e. The molecule has 1 aromatic heterocycles. The van der Waals surface area contributed by atoms with Crippen LogP contribution in [0.3, 0.4) is 0 Å². The van der Waals surface area contributed by atoms with Gasteiger partial charge in [0.2, 0.25) is 5.91 Å². The third-order valence-corrected chi connectivity index (χ3v) is 2.60. The van der Waals surface area contributed by atoms with Crippen LogP contribution in [0.5, 0.6) is 0 Å². The van der Waals surface area contributed by atoms with Gasteiger partial charge in [0.1, 0.15) is 6.04 Å². The van der Waals surface area contributed by atoms with E-state index >= 15 is 0 Å². The highest BCUT2D eigenvalue weighted by atomic mass is 16.4. The lowest BCUT2D eigenvalue weighted by molar-refractivity contribution is -0.142.